The van der Waals surface area contributed by atoms with Crippen molar-refractivity contribution < 1.29 is 9.53 Å². The average Bonchev–Trinajstić information content (AvgIpc) is 2.81. The van der Waals surface area contributed by atoms with E-state index in [4.69, 9.17) is 11.6 Å². The van der Waals surface area contributed by atoms with Gasteiger partial charge in [-0.15, -0.1) is 11.6 Å². The Morgan fingerprint density at radius 2 is 2.08 bits per heavy atom. The van der Waals surface area contributed by atoms with Crippen LogP contribution in [-0.4, -0.2) is 43.0 Å². The molecule has 1 aliphatic carbocycles. The van der Waals surface area contributed by atoms with Gasteiger partial charge in [-0.2, -0.15) is 0 Å². The first-order valence-electron chi connectivity index (χ1n) is 3.94. The van der Waals surface area contributed by atoms with Crippen LogP contribution in [0.25, 0.3) is 0 Å². The molecule has 4 heteroatoms. The molecule has 0 aromatic carbocycles. The lowest BCUT2D eigenvalue weighted by atomic mass is 10.1. The summed E-state index contributed by atoms with van der Waals surface area (Å²) >= 11 is 5.96. The van der Waals surface area contributed by atoms with E-state index in [1.54, 1.807) is 0 Å². The third-order valence-electron chi connectivity index (χ3n) is 2.53. The van der Waals surface area contributed by atoms with Crippen molar-refractivity contribution in [2.75, 3.05) is 21.2 Å². The third kappa shape index (κ3) is 1.43. The van der Waals surface area contributed by atoms with Crippen LogP contribution in [0, 0.1) is 0 Å². The molecule has 70 valence electrons. The van der Waals surface area contributed by atoms with Crippen LogP contribution in [0.3, 0.4) is 0 Å². The molecule has 0 saturated heterocycles. The molecule has 0 radical (unpaired) electrons. The maximum absolute atomic E-state index is 11.1. The van der Waals surface area contributed by atoms with Crippen molar-refractivity contribution in [3.05, 3.63) is 0 Å². The number of carbonyl (C=O) groups excluding carboxylic acids is 1. The van der Waals surface area contributed by atoms with Crippen LogP contribution >= 0.6 is 11.6 Å². The summed E-state index contributed by atoms with van der Waals surface area (Å²) < 4.78 is 4.59. The van der Waals surface area contributed by atoms with Gasteiger partial charge in [0.05, 0.1) is 7.11 Å². The van der Waals surface area contributed by atoms with Gasteiger partial charge in [-0.25, -0.2) is 0 Å². The van der Waals surface area contributed by atoms with Gasteiger partial charge in [0.25, 0.3) is 0 Å². The Kier molecular flexibility index (Phi) is 2.64. The Labute approximate surface area is 77.6 Å². The highest BCUT2D eigenvalue weighted by Crippen LogP contribution is 2.45. The van der Waals surface area contributed by atoms with Crippen LogP contribution in [-0.2, 0) is 9.53 Å². The van der Waals surface area contributed by atoms with Gasteiger partial charge in [0.1, 0.15) is 5.38 Å². The normalized spacial score (nSPS) is 22.1. The highest BCUT2D eigenvalue weighted by atomic mass is 35.5. The molecule has 0 aromatic rings. The van der Waals surface area contributed by atoms with Crippen LogP contribution in [0.5, 0.6) is 0 Å². The number of hydrogen-bond donors (Lipinski definition) is 0. The van der Waals surface area contributed by atoms with E-state index < -0.39 is 5.38 Å². The number of ether oxygens (including phenoxy) is 1. The monoisotopic (exact) mass is 191 g/mol. The van der Waals surface area contributed by atoms with Gasteiger partial charge in [-0.05, 0) is 26.9 Å². The summed E-state index contributed by atoms with van der Waals surface area (Å²) in [6.45, 7) is 0. The zero-order valence-corrected chi connectivity index (χ0v) is 8.39. The first kappa shape index (κ1) is 9.81. The van der Waals surface area contributed by atoms with Gasteiger partial charge >= 0.3 is 5.97 Å². The molecular weight excluding hydrogens is 178 g/mol. The Hall–Kier alpha value is -0.280. The van der Waals surface area contributed by atoms with Crippen molar-refractivity contribution in [3.63, 3.8) is 0 Å². The van der Waals surface area contributed by atoms with E-state index in [9.17, 15) is 4.79 Å². The second-order valence-corrected chi connectivity index (χ2v) is 3.82. The van der Waals surface area contributed by atoms with Crippen LogP contribution in [0.2, 0.25) is 0 Å². The molecule has 1 unspecified atom stereocenters. The number of esters is 1. The molecule has 12 heavy (non-hydrogen) atoms. The Bertz CT molecular complexity index is 189. The van der Waals surface area contributed by atoms with Crippen molar-refractivity contribution in [2.45, 2.75) is 23.8 Å². The fourth-order valence-electron chi connectivity index (χ4n) is 1.38. The molecule has 1 aliphatic rings. The molecule has 0 heterocycles. The number of rotatable bonds is 3. The molecule has 0 N–H and O–H groups in total. The Morgan fingerprint density at radius 1 is 1.58 bits per heavy atom. The van der Waals surface area contributed by atoms with Gasteiger partial charge in [0.2, 0.25) is 0 Å². The lowest BCUT2D eigenvalue weighted by molar-refractivity contribution is -0.141. The molecule has 0 aromatic heterocycles. The second-order valence-electron chi connectivity index (χ2n) is 3.38. The third-order valence-corrected chi connectivity index (χ3v) is 3.12. The van der Waals surface area contributed by atoms with Gasteiger partial charge < -0.3 is 9.64 Å². The van der Waals surface area contributed by atoms with Crippen molar-refractivity contribution in [3.8, 4) is 0 Å². The van der Waals surface area contributed by atoms with Gasteiger partial charge in [0.15, 0.2) is 0 Å². The number of nitrogens with zero attached hydrogens (tertiary/aromatic N) is 1. The fourth-order valence-corrected chi connectivity index (χ4v) is 1.88. The number of hydrogen-bond acceptors (Lipinski definition) is 3. The summed E-state index contributed by atoms with van der Waals surface area (Å²) in [7, 11) is 5.24. The molecular formula is C8H14ClNO2. The zero-order chi connectivity index (χ0) is 9.35. The van der Waals surface area contributed by atoms with Gasteiger partial charge in [-0.3, -0.25) is 4.79 Å². The lowest BCUT2D eigenvalue weighted by Crippen LogP contribution is -2.43. The van der Waals surface area contributed by atoms with Crippen molar-refractivity contribution >= 4 is 17.6 Å². The number of alkyl halides is 1. The Morgan fingerprint density at radius 3 is 2.33 bits per heavy atom. The summed E-state index contributed by atoms with van der Waals surface area (Å²) in [6, 6.07) is 0. The predicted molar refractivity (Wildman–Crippen MR) is 47.3 cm³/mol. The molecule has 1 atom stereocenters. The molecule has 1 rings (SSSR count). The Balaban J connectivity index is 2.63. The maximum atomic E-state index is 11.1. The fraction of sp³-hybridized carbons (Fsp3) is 0.875. The standard InChI is InChI=1S/C8H14ClNO2/c1-10(2)8(4-5-8)6(9)7(11)12-3/h6H,4-5H2,1-3H3. The molecule has 1 fully saturated rings. The first-order chi connectivity index (χ1) is 5.54. The van der Waals surface area contributed by atoms with E-state index in [1.165, 1.54) is 7.11 Å². The van der Waals surface area contributed by atoms with Crippen molar-refractivity contribution in [1.82, 2.24) is 4.90 Å². The van der Waals surface area contributed by atoms with E-state index in [0.717, 1.165) is 12.8 Å². The minimum Gasteiger partial charge on any atom is -0.468 e. The summed E-state index contributed by atoms with van der Waals surface area (Å²) in [5.74, 6) is -0.331. The zero-order valence-electron chi connectivity index (χ0n) is 7.63. The van der Waals surface area contributed by atoms with Gasteiger partial charge in [0, 0.05) is 5.54 Å². The predicted octanol–water partition coefficient (Wildman–Crippen LogP) is 0.861. The van der Waals surface area contributed by atoms with E-state index in [-0.39, 0.29) is 11.5 Å². The number of halogens is 1. The quantitative estimate of drug-likeness (QED) is 0.490. The van der Waals surface area contributed by atoms with E-state index in [0.29, 0.717) is 0 Å². The average molecular weight is 192 g/mol. The van der Waals surface area contributed by atoms with E-state index in [2.05, 4.69) is 4.74 Å². The molecule has 1 saturated carbocycles. The molecule has 0 spiro atoms. The summed E-state index contributed by atoms with van der Waals surface area (Å²) in [5, 5.41) is -0.530. The summed E-state index contributed by atoms with van der Waals surface area (Å²) in [6.07, 6.45) is 1.95. The molecule has 3 nitrogen and oxygen atoms in total. The van der Waals surface area contributed by atoms with Crippen molar-refractivity contribution in [2.24, 2.45) is 0 Å². The minimum atomic E-state index is -0.530. The van der Waals surface area contributed by atoms with Crippen LogP contribution in [0.15, 0.2) is 0 Å². The molecule has 0 bridgehead atoms. The smallest absolute Gasteiger partial charge is 0.325 e. The van der Waals surface area contributed by atoms with Crippen LogP contribution < -0.4 is 0 Å². The summed E-state index contributed by atoms with van der Waals surface area (Å²) in [5.41, 5.74) is -0.144. The van der Waals surface area contributed by atoms with E-state index >= 15 is 0 Å². The topological polar surface area (TPSA) is 29.5 Å². The number of carbonyl (C=O) groups is 1. The molecule has 0 amide bonds. The molecule has 0 aliphatic heterocycles. The second kappa shape index (κ2) is 3.23. The van der Waals surface area contributed by atoms with Crippen LogP contribution in [0.1, 0.15) is 12.8 Å². The lowest BCUT2D eigenvalue weighted by Gasteiger charge is -2.26. The SMILES string of the molecule is COC(=O)C(Cl)C1(N(C)C)CC1. The number of methoxy groups -OCH3 is 1. The largest absolute Gasteiger partial charge is 0.468 e. The summed E-state index contributed by atoms with van der Waals surface area (Å²) in [4.78, 5) is 13.1. The van der Waals surface area contributed by atoms with E-state index in [1.807, 2.05) is 19.0 Å². The highest BCUT2D eigenvalue weighted by molar-refractivity contribution is 6.31. The minimum absolute atomic E-state index is 0.144. The maximum Gasteiger partial charge on any atom is 0.325 e. The highest BCUT2D eigenvalue weighted by Gasteiger charge is 2.54. The van der Waals surface area contributed by atoms with Crippen molar-refractivity contribution in [1.29, 1.82) is 0 Å². The van der Waals surface area contributed by atoms with Crippen LogP contribution in [0.4, 0.5) is 0 Å². The van der Waals surface area contributed by atoms with Gasteiger partial charge in [-0.1, -0.05) is 0 Å². The first-order valence-corrected chi connectivity index (χ1v) is 4.37.